The number of thioether (sulfide) groups is 1. The van der Waals surface area contributed by atoms with E-state index in [1.165, 1.54) is 12.8 Å². The van der Waals surface area contributed by atoms with Gasteiger partial charge in [0.25, 0.3) is 5.91 Å². The largest absolute Gasteiger partial charge is 0.353 e. The van der Waals surface area contributed by atoms with Gasteiger partial charge in [-0.3, -0.25) is 9.59 Å². The van der Waals surface area contributed by atoms with E-state index in [9.17, 15) is 9.59 Å². The van der Waals surface area contributed by atoms with Crippen molar-refractivity contribution in [1.82, 2.24) is 15.1 Å². The van der Waals surface area contributed by atoms with Gasteiger partial charge in [-0.2, -0.15) is 0 Å². The minimum absolute atomic E-state index is 0.0255. The molecule has 1 aromatic rings. The van der Waals surface area contributed by atoms with Crippen molar-refractivity contribution in [2.75, 3.05) is 31.9 Å². The van der Waals surface area contributed by atoms with Crippen LogP contribution in [-0.2, 0) is 4.79 Å². The van der Waals surface area contributed by atoms with Gasteiger partial charge in [-0.05, 0) is 62.5 Å². The molecule has 154 valence electrons. The maximum Gasteiger partial charge on any atom is 0.255 e. The van der Waals surface area contributed by atoms with Crippen molar-refractivity contribution in [3.63, 3.8) is 0 Å². The van der Waals surface area contributed by atoms with E-state index in [2.05, 4.69) is 24.1 Å². The van der Waals surface area contributed by atoms with E-state index in [4.69, 9.17) is 11.6 Å². The second kappa shape index (κ2) is 9.99. The Morgan fingerprint density at radius 1 is 1.21 bits per heavy atom. The third-order valence-electron chi connectivity index (χ3n) is 5.32. The molecular formula is C21H30ClN3O2S. The van der Waals surface area contributed by atoms with Gasteiger partial charge in [0, 0.05) is 29.4 Å². The number of amides is 2. The molecule has 0 unspecified atom stereocenters. The first-order valence-electron chi connectivity index (χ1n) is 10.2. The predicted octanol–water partition coefficient (Wildman–Crippen LogP) is 3.48. The molecule has 0 saturated carbocycles. The number of halogens is 1. The molecule has 0 radical (unpaired) electrons. The Hall–Kier alpha value is -1.24. The number of benzene rings is 1. The molecule has 2 atom stereocenters. The third-order valence-corrected chi connectivity index (χ3v) is 6.88. The van der Waals surface area contributed by atoms with Crippen molar-refractivity contribution in [2.45, 2.75) is 44.5 Å². The zero-order valence-corrected chi connectivity index (χ0v) is 18.3. The lowest BCUT2D eigenvalue weighted by molar-refractivity contribution is -0.124. The van der Waals surface area contributed by atoms with Gasteiger partial charge in [-0.25, -0.2) is 0 Å². The van der Waals surface area contributed by atoms with Gasteiger partial charge in [0.2, 0.25) is 5.91 Å². The number of hydrogen-bond donors (Lipinski definition) is 1. The van der Waals surface area contributed by atoms with Crippen LogP contribution in [0.1, 0.15) is 43.5 Å². The molecule has 3 rings (SSSR count). The van der Waals surface area contributed by atoms with Crippen LogP contribution in [0.4, 0.5) is 0 Å². The van der Waals surface area contributed by atoms with Crippen molar-refractivity contribution in [2.24, 2.45) is 5.92 Å². The standard InChI is InChI=1S/C21H30ClN3O2S/c1-15(2)13-19-25(21(27)16-5-7-17(22)8-6-16)18(14-28-19)20(26)23-9-12-24-10-3-4-11-24/h5-8,15,18-19H,3-4,9-14H2,1-2H3,(H,23,26)/t18-,19-/m1/s1. The molecule has 0 bridgehead atoms. The van der Waals surface area contributed by atoms with Crippen LogP contribution < -0.4 is 5.32 Å². The van der Waals surface area contributed by atoms with Crippen LogP contribution in [0.2, 0.25) is 5.02 Å². The number of nitrogens with zero attached hydrogens (tertiary/aromatic N) is 2. The van der Waals surface area contributed by atoms with E-state index in [0.29, 0.717) is 28.8 Å². The zero-order chi connectivity index (χ0) is 20.1. The van der Waals surface area contributed by atoms with Crippen LogP contribution in [-0.4, -0.2) is 65.0 Å². The smallest absolute Gasteiger partial charge is 0.255 e. The Bertz CT molecular complexity index is 677. The van der Waals surface area contributed by atoms with E-state index in [-0.39, 0.29) is 17.2 Å². The summed E-state index contributed by atoms with van der Waals surface area (Å²) in [5, 5.41) is 3.69. The first kappa shape index (κ1) is 21.5. The first-order chi connectivity index (χ1) is 13.5. The molecule has 2 heterocycles. The van der Waals surface area contributed by atoms with E-state index in [0.717, 1.165) is 26.1 Å². The summed E-state index contributed by atoms with van der Waals surface area (Å²) >= 11 is 7.67. The van der Waals surface area contributed by atoms with Gasteiger partial charge in [0.15, 0.2) is 0 Å². The Morgan fingerprint density at radius 3 is 2.54 bits per heavy atom. The Balaban J connectivity index is 1.67. The number of carbonyl (C=O) groups is 2. The van der Waals surface area contributed by atoms with Crippen LogP contribution in [0.25, 0.3) is 0 Å². The highest BCUT2D eigenvalue weighted by Gasteiger charge is 2.41. The number of rotatable bonds is 7. The van der Waals surface area contributed by atoms with Gasteiger partial charge < -0.3 is 15.1 Å². The number of likely N-dealkylation sites (tertiary alicyclic amines) is 1. The molecule has 0 aliphatic carbocycles. The molecule has 2 amide bonds. The van der Waals surface area contributed by atoms with Crippen LogP contribution in [0, 0.1) is 5.92 Å². The normalized spacial score (nSPS) is 22.8. The van der Waals surface area contributed by atoms with Crippen molar-refractivity contribution in [3.05, 3.63) is 34.9 Å². The van der Waals surface area contributed by atoms with E-state index < -0.39 is 6.04 Å². The number of nitrogens with one attached hydrogen (secondary N) is 1. The predicted molar refractivity (Wildman–Crippen MR) is 116 cm³/mol. The van der Waals surface area contributed by atoms with Gasteiger partial charge >= 0.3 is 0 Å². The summed E-state index contributed by atoms with van der Waals surface area (Å²) in [7, 11) is 0. The molecule has 5 nitrogen and oxygen atoms in total. The fourth-order valence-electron chi connectivity index (χ4n) is 3.83. The second-order valence-electron chi connectivity index (χ2n) is 7.99. The van der Waals surface area contributed by atoms with Gasteiger partial charge in [0.05, 0.1) is 5.37 Å². The first-order valence-corrected chi connectivity index (χ1v) is 11.6. The molecule has 0 aromatic heterocycles. The zero-order valence-electron chi connectivity index (χ0n) is 16.7. The highest BCUT2D eigenvalue weighted by Crippen LogP contribution is 2.34. The van der Waals surface area contributed by atoms with Gasteiger partial charge in [-0.15, -0.1) is 11.8 Å². The average molecular weight is 424 g/mol. The lowest BCUT2D eigenvalue weighted by atomic mass is 10.1. The molecule has 1 N–H and O–H groups in total. The van der Waals surface area contributed by atoms with Crippen molar-refractivity contribution < 1.29 is 9.59 Å². The van der Waals surface area contributed by atoms with Gasteiger partial charge in [-0.1, -0.05) is 25.4 Å². The SMILES string of the molecule is CC(C)C[C@H]1SC[C@H](C(=O)NCCN2CCCC2)N1C(=O)c1ccc(Cl)cc1. The summed E-state index contributed by atoms with van der Waals surface area (Å²) in [6.45, 7) is 8.05. The fourth-order valence-corrected chi connectivity index (χ4v) is 5.59. The minimum Gasteiger partial charge on any atom is -0.353 e. The summed E-state index contributed by atoms with van der Waals surface area (Å²) in [6.07, 6.45) is 3.36. The summed E-state index contributed by atoms with van der Waals surface area (Å²) in [5.74, 6) is 0.967. The van der Waals surface area contributed by atoms with Crippen LogP contribution in [0.15, 0.2) is 24.3 Å². The van der Waals surface area contributed by atoms with Crippen LogP contribution in [0.3, 0.4) is 0 Å². The van der Waals surface area contributed by atoms with E-state index in [1.54, 1.807) is 40.9 Å². The minimum atomic E-state index is -0.421. The van der Waals surface area contributed by atoms with Crippen molar-refractivity contribution >= 4 is 35.2 Å². The Kier molecular flexibility index (Phi) is 7.66. The maximum absolute atomic E-state index is 13.2. The maximum atomic E-state index is 13.2. The molecule has 1 aromatic carbocycles. The highest BCUT2D eigenvalue weighted by molar-refractivity contribution is 8.00. The van der Waals surface area contributed by atoms with Crippen molar-refractivity contribution in [3.8, 4) is 0 Å². The van der Waals surface area contributed by atoms with Gasteiger partial charge in [0.1, 0.15) is 6.04 Å². The molecule has 28 heavy (non-hydrogen) atoms. The average Bonchev–Trinajstić information content (AvgIpc) is 3.31. The number of hydrogen-bond acceptors (Lipinski definition) is 4. The summed E-state index contributed by atoms with van der Waals surface area (Å²) in [4.78, 5) is 30.3. The molecule has 2 aliphatic rings. The molecule has 0 spiro atoms. The number of carbonyl (C=O) groups excluding carboxylic acids is 2. The molecular weight excluding hydrogens is 394 g/mol. The van der Waals surface area contributed by atoms with E-state index >= 15 is 0 Å². The van der Waals surface area contributed by atoms with Crippen LogP contribution >= 0.6 is 23.4 Å². The highest BCUT2D eigenvalue weighted by atomic mass is 35.5. The Labute approximate surface area is 177 Å². The monoisotopic (exact) mass is 423 g/mol. The third kappa shape index (κ3) is 5.43. The summed E-state index contributed by atoms with van der Waals surface area (Å²) in [5.41, 5.74) is 0.579. The molecule has 2 saturated heterocycles. The second-order valence-corrected chi connectivity index (χ2v) is 9.64. The molecule has 2 fully saturated rings. The lowest BCUT2D eigenvalue weighted by Crippen LogP contribution is -2.51. The quantitative estimate of drug-likeness (QED) is 0.729. The summed E-state index contributed by atoms with van der Waals surface area (Å²) < 4.78 is 0. The topological polar surface area (TPSA) is 52.7 Å². The fraction of sp³-hybridized carbons (Fsp3) is 0.619. The van der Waals surface area contributed by atoms with Crippen molar-refractivity contribution in [1.29, 1.82) is 0 Å². The molecule has 7 heteroatoms. The molecule has 2 aliphatic heterocycles. The summed E-state index contributed by atoms with van der Waals surface area (Å²) in [6, 6.07) is 6.50. The lowest BCUT2D eigenvalue weighted by Gasteiger charge is -2.30. The Morgan fingerprint density at radius 2 is 1.89 bits per heavy atom. The van der Waals surface area contributed by atoms with Crippen LogP contribution in [0.5, 0.6) is 0 Å². The van der Waals surface area contributed by atoms with E-state index in [1.807, 2.05) is 0 Å².